The second-order valence-corrected chi connectivity index (χ2v) is 6.40. The van der Waals surface area contributed by atoms with Gasteiger partial charge in [-0.3, -0.25) is 10.1 Å². The number of benzene rings is 1. The summed E-state index contributed by atoms with van der Waals surface area (Å²) >= 11 is 0. The lowest BCUT2D eigenvalue weighted by molar-refractivity contribution is -0.164. The van der Waals surface area contributed by atoms with Crippen LogP contribution < -0.4 is 5.32 Å². The second kappa shape index (κ2) is 8.26. The Labute approximate surface area is 145 Å². The van der Waals surface area contributed by atoms with Gasteiger partial charge in [-0.25, -0.2) is 13.2 Å². The smallest absolute Gasteiger partial charge is 0.407 e. The lowest BCUT2D eigenvalue weighted by Gasteiger charge is -2.28. The highest BCUT2D eigenvalue weighted by Crippen LogP contribution is 2.34. The lowest BCUT2D eigenvalue weighted by Crippen LogP contribution is -2.47. The number of nitrogens with one attached hydrogen (secondary N) is 1. The van der Waals surface area contributed by atoms with E-state index < -0.39 is 54.4 Å². The van der Waals surface area contributed by atoms with Gasteiger partial charge in [-0.15, -0.1) is 0 Å². The Balaban J connectivity index is 3.12. The fourth-order valence-corrected chi connectivity index (χ4v) is 2.31. The maximum absolute atomic E-state index is 13.7. The Morgan fingerprint density at radius 3 is 1.88 bits per heavy atom. The van der Waals surface area contributed by atoms with E-state index in [-0.39, 0.29) is 5.56 Å². The number of hydrogen-bond acceptors (Lipinski definition) is 3. The normalized spacial score (nSPS) is 16.4. The largest absolute Gasteiger partial charge is 0.480 e. The molecule has 3 N–H and O–H groups in total. The summed E-state index contributed by atoms with van der Waals surface area (Å²) in [5.74, 6) is -1.66. The van der Waals surface area contributed by atoms with Crippen molar-refractivity contribution in [1.29, 1.82) is 0 Å². The van der Waals surface area contributed by atoms with E-state index >= 15 is 0 Å². The number of carboxylic acid groups (broad SMARTS) is 1. The Hall–Kier alpha value is -1.81. The number of carboxylic acids is 1. The van der Waals surface area contributed by atoms with Crippen LogP contribution in [-0.2, 0) is 4.79 Å². The molecule has 0 heterocycles. The van der Waals surface area contributed by atoms with Crippen molar-refractivity contribution in [3.05, 3.63) is 35.4 Å². The van der Waals surface area contributed by atoms with Crippen LogP contribution in [0.15, 0.2) is 24.3 Å². The van der Waals surface area contributed by atoms with Crippen molar-refractivity contribution in [2.75, 3.05) is 0 Å². The summed E-state index contributed by atoms with van der Waals surface area (Å²) in [6.45, 7) is 2.07. The fourth-order valence-electron chi connectivity index (χ4n) is 2.31. The minimum absolute atomic E-state index is 0.288. The summed E-state index contributed by atoms with van der Waals surface area (Å²) in [5, 5.41) is 20.2. The second-order valence-electron chi connectivity index (χ2n) is 6.40. The Morgan fingerprint density at radius 2 is 1.54 bits per heavy atom. The Morgan fingerprint density at radius 1 is 1.08 bits per heavy atom. The number of aliphatic hydroxyl groups is 1. The Bertz CT molecular complexity index is 597. The molecule has 0 unspecified atom stereocenters. The summed E-state index contributed by atoms with van der Waals surface area (Å²) in [6.07, 6.45) is -10.9. The van der Waals surface area contributed by atoms with Crippen molar-refractivity contribution in [2.45, 2.75) is 56.7 Å². The highest BCUT2D eigenvalue weighted by atomic mass is 19.4. The van der Waals surface area contributed by atoms with Gasteiger partial charge in [-0.2, -0.15) is 13.2 Å². The minimum atomic E-state index is -4.92. The molecule has 0 amide bonds. The maximum atomic E-state index is 13.7. The third-order valence-corrected chi connectivity index (χ3v) is 3.53. The molecule has 1 aromatic rings. The molecule has 0 aromatic heterocycles. The van der Waals surface area contributed by atoms with Crippen molar-refractivity contribution in [3.63, 3.8) is 0 Å². The van der Waals surface area contributed by atoms with Gasteiger partial charge >= 0.3 is 12.1 Å². The van der Waals surface area contributed by atoms with Crippen molar-refractivity contribution in [1.82, 2.24) is 5.32 Å². The Kier molecular flexibility index (Phi) is 7.06. The minimum Gasteiger partial charge on any atom is -0.480 e. The van der Waals surface area contributed by atoms with E-state index in [4.69, 9.17) is 5.11 Å². The van der Waals surface area contributed by atoms with Crippen molar-refractivity contribution in [3.8, 4) is 0 Å². The number of hydrogen-bond donors (Lipinski definition) is 3. The number of rotatable bonds is 8. The molecule has 0 fully saturated rings. The van der Waals surface area contributed by atoms with Crippen LogP contribution in [-0.4, -0.2) is 40.5 Å². The fraction of sp³-hybridized carbons (Fsp3) is 0.562. The van der Waals surface area contributed by atoms with Crippen LogP contribution in [0.5, 0.6) is 0 Å². The lowest BCUT2D eigenvalue weighted by atomic mass is 9.97. The van der Waals surface area contributed by atoms with E-state index in [1.165, 1.54) is 0 Å². The first kappa shape index (κ1) is 22.2. The van der Waals surface area contributed by atoms with Gasteiger partial charge < -0.3 is 10.2 Å². The van der Waals surface area contributed by atoms with E-state index in [1.54, 1.807) is 0 Å². The van der Waals surface area contributed by atoms with E-state index in [0.29, 0.717) is 0 Å². The number of carbonyl (C=O) groups is 1. The molecule has 0 saturated carbocycles. The van der Waals surface area contributed by atoms with Crippen LogP contribution in [0.1, 0.15) is 43.5 Å². The van der Waals surface area contributed by atoms with Crippen molar-refractivity contribution < 1.29 is 41.4 Å². The molecule has 0 spiro atoms. The molecule has 0 bridgehead atoms. The van der Waals surface area contributed by atoms with Crippen molar-refractivity contribution in [2.24, 2.45) is 0 Å². The summed E-state index contributed by atoms with van der Waals surface area (Å²) < 4.78 is 78.6. The molecule has 0 saturated heterocycles. The molecule has 0 aliphatic heterocycles. The quantitative estimate of drug-likeness (QED) is 0.594. The van der Waals surface area contributed by atoms with Crippen LogP contribution in [0, 0.1) is 0 Å². The molecule has 3 atom stereocenters. The maximum Gasteiger partial charge on any atom is 0.407 e. The molecule has 148 valence electrons. The van der Waals surface area contributed by atoms with Gasteiger partial charge in [-0.05, 0) is 25.0 Å². The molecule has 10 heteroatoms. The predicted octanol–water partition coefficient (Wildman–Crippen LogP) is 3.77. The van der Waals surface area contributed by atoms with Gasteiger partial charge in [0.1, 0.15) is 23.9 Å². The topological polar surface area (TPSA) is 69.6 Å². The van der Waals surface area contributed by atoms with Gasteiger partial charge in [0.15, 0.2) is 0 Å². The van der Waals surface area contributed by atoms with Crippen LogP contribution in [0.25, 0.3) is 0 Å². The first-order chi connectivity index (χ1) is 11.7. The number of alkyl halides is 6. The summed E-state index contributed by atoms with van der Waals surface area (Å²) in [5.41, 5.74) is -2.77. The molecule has 0 aliphatic carbocycles. The van der Waals surface area contributed by atoms with Crippen molar-refractivity contribution >= 4 is 5.97 Å². The molecule has 0 aliphatic rings. The standard InChI is InChI=1S/C16H19F6NO3/c1-15(2,19)7-10(14(25)26)23-12(16(20,21)22)9-5-3-8(4-6-9)11(24)13(17)18/h3-6,10-13,23-24H,7H2,1-2H3,(H,25,26)/t10-,11+,12-/m0/s1. The number of aliphatic hydroxyl groups excluding tert-OH is 1. The predicted molar refractivity (Wildman–Crippen MR) is 80.6 cm³/mol. The van der Waals surface area contributed by atoms with Crippen LogP contribution in [0.2, 0.25) is 0 Å². The number of halogens is 6. The average molecular weight is 387 g/mol. The molecule has 1 aromatic carbocycles. The summed E-state index contributed by atoms with van der Waals surface area (Å²) in [6, 6.07) is -0.795. The highest BCUT2D eigenvalue weighted by Gasteiger charge is 2.43. The first-order valence-corrected chi connectivity index (χ1v) is 7.53. The van der Waals surface area contributed by atoms with Gasteiger partial charge in [0.05, 0.1) is 0 Å². The zero-order valence-corrected chi connectivity index (χ0v) is 13.9. The SMILES string of the molecule is CC(C)(F)C[C@H](N[C@@H](c1ccc([C@@H](O)C(F)F)cc1)C(F)(F)F)C(=O)O. The zero-order chi connectivity index (χ0) is 20.3. The molecule has 1 rings (SSSR count). The molecule has 0 radical (unpaired) electrons. The highest BCUT2D eigenvalue weighted by molar-refractivity contribution is 5.73. The molecular weight excluding hydrogens is 368 g/mol. The average Bonchev–Trinajstić information content (AvgIpc) is 2.48. The van der Waals surface area contributed by atoms with Crippen LogP contribution in [0.3, 0.4) is 0 Å². The van der Waals surface area contributed by atoms with Gasteiger partial charge in [-0.1, -0.05) is 24.3 Å². The monoisotopic (exact) mass is 387 g/mol. The third-order valence-electron chi connectivity index (χ3n) is 3.53. The van der Waals surface area contributed by atoms with Crippen LogP contribution >= 0.6 is 0 Å². The molecule has 4 nitrogen and oxygen atoms in total. The van der Waals surface area contributed by atoms with Gasteiger partial charge in [0.2, 0.25) is 0 Å². The van der Waals surface area contributed by atoms with Gasteiger partial charge in [0, 0.05) is 6.42 Å². The molecular formula is C16H19F6NO3. The van der Waals surface area contributed by atoms with E-state index in [9.17, 15) is 36.2 Å². The van der Waals surface area contributed by atoms with Crippen LogP contribution in [0.4, 0.5) is 26.3 Å². The first-order valence-electron chi connectivity index (χ1n) is 7.53. The zero-order valence-electron chi connectivity index (χ0n) is 13.9. The summed E-state index contributed by atoms with van der Waals surface area (Å²) in [7, 11) is 0. The molecule has 26 heavy (non-hydrogen) atoms. The third kappa shape index (κ3) is 6.49. The number of aliphatic carboxylic acids is 1. The van der Waals surface area contributed by atoms with Gasteiger partial charge in [0.25, 0.3) is 6.43 Å². The summed E-state index contributed by atoms with van der Waals surface area (Å²) in [4.78, 5) is 11.2. The van der Waals surface area contributed by atoms with E-state index in [0.717, 1.165) is 38.1 Å². The van der Waals surface area contributed by atoms with E-state index in [1.807, 2.05) is 5.32 Å². The van der Waals surface area contributed by atoms with E-state index in [2.05, 4.69) is 0 Å².